The standard InChI is InChI=1S/C25H35N5O/c1-3-4-5-9-22-18-30(19-25(31)27-24-11-6-7-16-26-24)17-8-10-23(29-28-22)21-14-12-20(2)13-15-21/h6-8,10-16,22-23,28-29H,3-5,9,17-19H2,1-2H3,(H,26,27,31)/b10-8+. The Hall–Kier alpha value is -2.54. The molecule has 3 rings (SSSR count). The van der Waals surface area contributed by atoms with Crippen molar-refractivity contribution in [3.63, 3.8) is 0 Å². The number of carbonyl (C=O) groups excluding carboxylic acids is 1. The van der Waals surface area contributed by atoms with E-state index in [4.69, 9.17) is 0 Å². The predicted octanol–water partition coefficient (Wildman–Crippen LogP) is 3.98. The molecule has 1 aromatic carbocycles. The van der Waals surface area contributed by atoms with Crippen molar-refractivity contribution in [3.8, 4) is 0 Å². The molecule has 2 heterocycles. The van der Waals surface area contributed by atoms with Crippen LogP contribution in [0.25, 0.3) is 0 Å². The second kappa shape index (κ2) is 12.3. The van der Waals surface area contributed by atoms with E-state index in [2.05, 4.69) is 76.3 Å². The molecule has 3 N–H and O–H groups in total. The minimum absolute atomic E-state index is 0.0401. The zero-order valence-electron chi connectivity index (χ0n) is 18.7. The van der Waals surface area contributed by atoms with Gasteiger partial charge in [-0.15, -0.1) is 0 Å². The van der Waals surface area contributed by atoms with Crippen LogP contribution in [0.5, 0.6) is 0 Å². The normalized spacial score (nSPS) is 21.0. The molecular formula is C25H35N5O. The second-order valence-electron chi connectivity index (χ2n) is 8.26. The van der Waals surface area contributed by atoms with Gasteiger partial charge in [-0.1, -0.05) is 74.2 Å². The van der Waals surface area contributed by atoms with Gasteiger partial charge in [0.1, 0.15) is 5.82 Å². The van der Waals surface area contributed by atoms with Gasteiger partial charge in [0, 0.05) is 25.3 Å². The highest BCUT2D eigenvalue weighted by Crippen LogP contribution is 2.17. The van der Waals surface area contributed by atoms with E-state index in [0.29, 0.717) is 12.4 Å². The second-order valence-corrected chi connectivity index (χ2v) is 8.26. The van der Waals surface area contributed by atoms with Crippen molar-refractivity contribution in [2.45, 2.75) is 51.6 Å². The van der Waals surface area contributed by atoms with Crippen LogP contribution in [0.2, 0.25) is 0 Å². The molecule has 0 fully saturated rings. The van der Waals surface area contributed by atoms with Crippen molar-refractivity contribution in [1.82, 2.24) is 20.7 Å². The molecule has 1 aliphatic heterocycles. The van der Waals surface area contributed by atoms with Gasteiger partial charge >= 0.3 is 0 Å². The molecular weight excluding hydrogens is 386 g/mol. The van der Waals surface area contributed by atoms with Gasteiger partial charge in [0.2, 0.25) is 5.91 Å². The summed E-state index contributed by atoms with van der Waals surface area (Å²) in [5.74, 6) is 0.549. The Balaban J connectivity index is 1.67. The van der Waals surface area contributed by atoms with Gasteiger partial charge < -0.3 is 5.32 Å². The number of amides is 1. The predicted molar refractivity (Wildman–Crippen MR) is 127 cm³/mol. The number of anilines is 1. The molecule has 0 saturated heterocycles. The first-order valence-corrected chi connectivity index (χ1v) is 11.3. The SMILES string of the molecule is CCCCCC1CN(CC(=O)Nc2ccccn2)C/C=C/C(c2ccc(C)cc2)NN1. The van der Waals surface area contributed by atoms with Crippen LogP contribution in [0, 0.1) is 6.92 Å². The fraction of sp³-hybridized carbons (Fsp3) is 0.440. The van der Waals surface area contributed by atoms with Crippen molar-refractivity contribution in [3.05, 3.63) is 71.9 Å². The van der Waals surface area contributed by atoms with Gasteiger partial charge in [0.05, 0.1) is 12.6 Å². The molecule has 166 valence electrons. The van der Waals surface area contributed by atoms with E-state index in [1.54, 1.807) is 6.20 Å². The smallest absolute Gasteiger partial charge is 0.239 e. The summed E-state index contributed by atoms with van der Waals surface area (Å²) in [4.78, 5) is 19.0. The lowest BCUT2D eigenvalue weighted by atomic mass is 10.1. The molecule has 0 radical (unpaired) electrons. The quantitative estimate of drug-likeness (QED) is 0.444. The Kier molecular flexibility index (Phi) is 9.21. The minimum atomic E-state index is -0.0401. The molecule has 1 aromatic heterocycles. The monoisotopic (exact) mass is 421 g/mol. The maximum Gasteiger partial charge on any atom is 0.239 e. The van der Waals surface area contributed by atoms with Crippen LogP contribution in [-0.4, -0.2) is 41.5 Å². The van der Waals surface area contributed by atoms with Crippen LogP contribution in [0.15, 0.2) is 60.8 Å². The first-order valence-electron chi connectivity index (χ1n) is 11.3. The van der Waals surface area contributed by atoms with Crippen LogP contribution < -0.4 is 16.2 Å². The van der Waals surface area contributed by atoms with Crippen LogP contribution >= 0.6 is 0 Å². The van der Waals surface area contributed by atoms with Gasteiger partial charge in [0.15, 0.2) is 0 Å². The maximum absolute atomic E-state index is 12.6. The first kappa shape index (κ1) is 23.1. The van der Waals surface area contributed by atoms with E-state index in [-0.39, 0.29) is 18.0 Å². The molecule has 1 aliphatic rings. The molecule has 1 amide bonds. The lowest BCUT2D eigenvalue weighted by Gasteiger charge is -2.27. The highest BCUT2D eigenvalue weighted by atomic mass is 16.2. The van der Waals surface area contributed by atoms with Crippen molar-refractivity contribution in [1.29, 1.82) is 0 Å². The molecule has 2 atom stereocenters. The number of hydrogen-bond acceptors (Lipinski definition) is 5. The van der Waals surface area contributed by atoms with Crippen molar-refractivity contribution < 1.29 is 4.79 Å². The van der Waals surface area contributed by atoms with Crippen molar-refractivity contribution in [2.75, 3.05) is 25.0 Å². The van der Waals surface area contributed by atoms with Gasteiger partial charge in [-0.25, -0.2) is 10.4 Å². The summed E-state index contributed by atoms with van der Waals surface area (Å²) < 4.78 is 0. The summed E-state index contributed by atoms with van der Waals surface area (Å²) in [6.07, 6.45) is 10.7. The molecule has 6 heteroatoms. The highest BCUT2D eigenvalue weighted by molar-refractivity contribution is 5.91. The van der Waals surface area contributed by atoms with Gasteiger partial charge in [-0.2, -0.15) is 0 Å². The number of hydrogen-bond donors (Lipinski definition) is 3. The van der Waals surface area contributed by atoms with E-state index < -0.39 is 0 Å². The third-order valence-corrected chi connectivity index (χ3v) is 5.51. The number of aryl methyl sites for hydroxylation is 1. The Morgan fingerprint density at radius 2 is 2.00 bits per heavy atom. The van der Waals surface area contributed by atoms with Gasteiger partial charge in [-0.05, 0) is 31.0 Å². The Morgan fingerprint density at radius 1 is 1.16 bits per heavy atom. The van der Waals surface area contributed by atoms with Crippen molar-refractivity contribution >= 4 is 11.7 Å². The maximum atomic E-state index is 12.6. The van der Waals surface area contributed by atoms with Crippen LogP contribution in [0.4, 0.5) is 5.82 Å². The van der Waals surface area contributed by atoms with Crippen LogP contribution in [0.3, 0.4) is 0 Å². The minimum Gasteiger partial charge on any atom is -0.310 e. The Bertz CT molecular complexity index is 822. The Labute approximate surface area is 186 Å². The number of pyridine rings is 1. The number of nitrogens with one attached hydrogen (secondary N) is 3. The molecule has 0 bridgehead atoms. The number of unbranched alkanes of at least 4 members (excludes halogenated alkanes) is 2. The van der Waals surface area contributed by atoms with E-state index >= 15 is 0 Å². The average Bonchev–Trinajstić information content (AvgIpc) is 2.86. The third kappa shape index (κ3) is 7.90. The Morgan fingerprint density at radius 3 is 2.74 bits per heavy atom. The van der Waals surface area contributed by atoms with Gasteiger partial charge in [-0.3, -0.25) is 15.1 Å². The van der Waals surface area contributed by atoms with E-state index in [1.807, 2.05) is 18.2 Å². The zero-order chi connectivity index (χ0) is 21.9. The summed E-state index contributed by atoms with van der Waals surface area (Å²) in [6.45, 7) is 6.19. The summed E-state index contributed by atoms with van der Waals surface area (Å²) >= 11 is 0. The van der Waals surface area contributed by atoms with E-state index in [9.17, 15) is 4.79 Å². The molecule has 2 aromatic rings. The molecule has 0 saturated carbocycles. The van der Waals surface area contributed by atoms with Crippen molar-refractivity contribution in [2.24, 2.45) is 0 Å². The molecule has 6 nitrogen and oxygen atoms in total. The first-order chi connectivity index (χ1) is 15.1. The fourth-order valence-corrected chi connectivity index (χ4v) is 3.76. The largest absolute Gasteiger partial charge is 0.310 e. The zero-order valence-corrected chi connectivity index (χ0v) is 18.7. The van der Waals surface area contributed by atoms with E-state index in [1.165, 1.54) is 30.4 Å². The average molecular weight is 422 g/mol. The molecule has 31 heavy (non-hydrogen) atoms. The highest BCUT2D eigenvalue weighted by Gasteiger charge is 2.19. The lowest BCUT2D eigenvalue weighted by molar-refractivity contribution is -0.117. The fourth-order valence-electron chi connectivity index (χ4n) is 3.76. The molecule has 0 spiro atoms. The third-order valence-electron chi connectivity index (χ3n) is 5.51. The summed E-state index contributed by atoms with van der Waals surface area (Å²) in [5, 5.41) is 2.90. The summed E-state index contributed by atoms with van der Waals surface area (Å²) in [7, 11) is 0. The number of aromatic nitrogens is 1. The lowest BCUT2D eigenvalue weighted by Crippen LogP contribution is -2.48. The van der Waals surface area contributed by atoms with Crippen LogP contribution in [0.1, 0.15) is 49.8 Å². The number of hydrazine groups is 1. The number of nitrogens with zero attached hydrogens (tertiary/aromatic N) is 2. The number of carbonyl (C=O) groups is 1. The van der Waals surface area contributed by atoms with E-state index in [0.717, 1.165) is 19.5 Å². The van der Waals surface area contributed by atoms with Gasteiger partial charge in [0.25, 0.3) is 0 Å². The number of rotatable bonds is 8. The van der Waals surface area contributed by atoms with Crippen LogP contribution in [-0.2, 0) is 4.79 Å². The summed E-state index contributed by atoms with van der Waals surface area (Å²) in [5.41, 5.74) is 9.54. The summed E-state index contributed by atoms with van der Waals surface area (Å²) in [6, 6.07) is 14.5. The molecule has 2 unspecified atom stereocenters. The topological polar surface area (TPSA) is 69.3 Å². The number of benzene rings is 1. The molecule has 0 aliphatic carbocycles.